The first-order valence-electron chi connectivity index (χ1n) is 11.0. The topological polar surface area (TPSA) is 145 Å². The van der Waals surface area contributed by atoms with Gasteiger partial charge >= 0.3 is 0 Å². The van der Waals surface area contributed by atoms with Gasteiger partial charge in [-0.05, 0) is 31.9 Å². The number of nitrogens with one attached hydrogen (secondary N) is 3. The number of ether oxygens (including phenoxy) is 1. The average Bonchev–Trinajstić information content (AvgIpc) is 3.62. The Bertz CT molecular complexity index is 1210. The SMILES string of the molecule is CCONC(=O)c1nnc(NC(=O)C2CC2)cc1Nc1cccc(-c2ncn(CCF)n2)c1OC. The highest BCUT2D eigenvalue weighted by Gasteiger charge is 2.30. The van der Waals surface area contributed by atoms with Crippen molar-refractivity contribution in [2.45, 2.75) is 26.3 Å². The molecule has 1 fully saturated rings. The van der Waals surface area contributed by atoms with Crippen molar-refractivity contribution in [3.8, 4) is 17.1 Å². The predicted octanol–water partition coefficient (Wildman–Crippen LogP) is 2.49. The molecule has 0 aliphatic heterocycles. The Morgan fingerprint density at radius 2 is 2.06 bits per heavy atom. The summed E-state index contributed by atoms with van der Waals surface area (Å²) in [7, 11) is 1.48. The highest BCUT2D eigenvalue weighted by Crippen LogP contribution is 2.37. The van der Waals surface area contributed by atoms with Crippen molar-refractivity contribution in [1.82, 2.24) is 30.4 Å². The zero-order valence-electron chi connectivity index (χ0n) is 19.2. The van der Waals surface area contributed by atoms with Crippen LogP contribution >= 0.6 is 0 Å². The summed E-state index contributed by atoms with van der Waals surface area (Å²) in [5.41, 5.74) is 3.53. The number of hydrogen-bond acceptors (Lipinski definition) is 9. The number of nitrogens with zero attached hydrogens (tertiary/aromatic N) is 5. The molecule has 35 heavy (non-hydrogen) atoms. The van der Waals surface area contributed by atoms with E-state index >= 15 is 0 Å². The van der Waals surface area contributed by atoms with Crippen molar-refractivity contribution < 1.29 is 23.6 Å². The lowest BCUT2D eigenvalue weighted by atomic mass is 10.1. The largest absolute Gasteiger partial charge is 0.494 e. The molecule has 0 radical (unpaired) electrons. The minimum Gasteiger partial charge on any atom is -0.494 e. The summed E-state index contributed by atoms with van der Waals surface area (Å²) in [5.74, 6) is 0.130. The van der Waals surface area contributed by atoms with Crippen LogP contribution in [-0.2, 0) is 16.2 Å². The highest BCUT2D eigenvalue weighted by molar-refractivity contribution is 5.99. The maximum Gasteiger partial charge on any atom is 0.297 e. The van der Waals surface area contributed by atoms with Gasteiger partial charge in [-0.2, -0.15) is 5.10 Å². The zero-order chi connectivity index (χ0) is 24.8. The monoisotopic (exact) mass is 484 g/mol. The van der Waals surface area contributed by atoms with Crippen molar-refractivity contribution in [3.05, 3.63) is 36.3 Å². The Balaban J connectivity index is 1.68. The maximum atomic E-state index is 12.7. The van der Waals surface area contributed by atoms with Gasteiger partial charge in [0, 0.05) is 12.0 Å². The molecule has 2 heterocycles. The van der Waals surface area contributed by atoms with Gasteiger partial charge in [0.2, 0.25) is 5.91 Å². The molecule has 3 aromatic rings. The Hall–Kier alpha value is -4.13. The molecule has 0 spiro atoms. The van der Waals surface area contributed by atoms with Crippen molar-refractivity contribution in [2.75, 3.05) is 31.0 Å². The van der Waals surface area contributed by atoms with Crippen LogP contribution in [0.4, 0.5) is 21.6 Å². The van der Waals surface area contributed by atoms with E-state index in [1.807, 2.05) is 0 Å². The quantitative estimate of drug-likeness (QED) is 0.349. The first-order chi connectivity index (χ1) is 17.0. The van der Waals surface area contributed by atoms with Crippen LogP contribution in [0.2, 0.25) is 0 Å². The number of alkyl halides is 1. The third kappa shape index (κ3) is 5.69. The molecule has 2 aromatic heterocycles. The smallest absolute Gasteiger partial charge is 0.297 e. The molecule has 1 aromatic carbocycles. The van der Waals surface area contributed by atoms with E-state index in [-0.39, 0.29) is 42.2 Å². The predicted molar refractivity (Wildman–Crippen MR) is 124 cm³/mol. The third-order valence-corrected chi connectivity index (χ3v) is 5.10. The number of rotatable bonds is 11. The Kier molecular flexibility index (Phi) is 7.45. The van der Waals surface area contributed by atoms with E-state index in [4.69, 9.17) is 9.57 Å². The van der Waals surface area contributed by atoms with Crippen LogP contribution in [0.1, 0.15) is 30.3 Å². The van der Waals surface area contributed by atoms with Crippen LogP contribution in [-0.4, -0.2) is 57.2 Å². The summed E-state index contributed by atoms with van der Waals surface area (Å²) in [6.45, 7) is 1.50. The molecule has 0 atom stereocenters. The van der Waals surface area contributed by atoms with Gasteiger partial charge in [-0.1, -0.05) is 6.07 Å². The number of hydrogen-bond donors (Lipinski definition) is 3. The van der Waals surface area contributed by atoms with Gasteiger partial charge in [-0.25, -0.2) is 19.5 Å². The van der Waals surface area contributed by atoms with Gasteiger partial charge in [0.1, 0.15) is 13.0 Å². The van der Waals surface area contributed by atoms with Gasteiger partial charge < -0.3 is 15.4 Å². The van der Waals surface area contributed by atoms with Crippen LogP contribution in [0.25, 0.3) is 11.4 Å². The van der Waals surface area contributed by atoms with Crippen LogP contribution in [0, 0.1) is 5.92 Å². The van der Waals surface area contributed by atoms with Gasteiger partial charge in [0.15, 0.2) is 23.1 Å². The fraction of sp³-hybridized carbons (Fsp3) is 0.364. The summed E-state index contributed by atoms with van der Waals surface area (Å²) in [4.78, 5) is 34.1. The first-order valence-corrected chi connectivity index (χ1v) is 11.0. The van der Waals surface area contributed by atoms with Gasteiger partial charge in [0.25, 0.3) is 5.91 Å². The maximum absolute atomic E-state index is 12.7. The van der Waals surface area contributed by atoms with E-state index in [9.17, 15) is 14.0 Å². The van der Waals surface area contributed by atoms with Crippen molar-refractivity contribution in [3.63, 3.8) is 0 Å². The lowest BCUT2D eigenvalue weighted by molar-refractivity contribution is -0.117. The number of aryl methyl sites for hydroxylation is 1. The minimum atomic E-state index is -0.622. The number of methoxy groups -OCH3 is 1. The Morgan fingerprint density at radius 1 is 1.23 bits per heavy atom. The number of aromatic nitrogens is 5. The zero-order valence-corrected chi connectivity index (χ0v) is 19.2. The molecule has 1 saturated carbocycles. The fourth-order valence-electron chi connectivity index (χ4n) is 3.26. The van der Waals surface area contributed by atoms with E-state index in [0.717, 1.165) is 12.8 Å². The van der Waals surface area contributed by atoms with Crippen LogP contribution in [0.5, 0.6) is 5.75 Å². The Labute approximate surface area is 200 Å². The molecule has 0 bridgehead atoms. The molecule has 1 aliphatic carbocycles. The van der Waals surface area contributed by atoms with Crippen LogP contribution in [0.15, 0.2) is 30.6 Å². The lowest BCUT2D eigenvalue weighted by Gasteiger charge is -2.16. The van der Waals surface area contributed by atoms with Crippen molar-refractivity contribution >= 4 is 29.0 Å². The van der Waals surface area contributed by atoms with Gasteiger partial charge in [-0.15, -0.1) is 10.2 Å². The molecule has 2 amide bonds. The number of hydroxylamine groups is 1. The standard InChI is InChI=1S/C22H25FN8O4/c1-3-35-30-22(33)18-16(11-17(27-28-18)26-21(32)13-7-8-13)25-15-6-4-5-14(19(15)34-2)20-24-12-31(29-20)10-9-23/h4-6,11-13H,3,7-10H2,1-2H3,(H,30,33)(H2,25,26,27,32). The fourth-order valence-corrected chi connectivity index (χ4v) is 3.26. The molecule has 0 saturated heterocycles. The van der Waals surface area contributed by atoms with E-state index in [0.29, 0.717) is 22.8 Å². The summed E-state index contributed by atoms with van der Waals surface area (Å²) in [6.07, 6.45) is 3.10. The summed E-state index contributed by atoms with van der Waals surface area (Å²) in [5, 5.41) is 18.1. The molecule has 0 unspecified atom stereocenters. The molecular weight excluding hydrogens is 459 g/mol. The van der Waals surface area contributed by atoms with Gasteiger partial charge in [0.05, 0.1) is 37.2 Å². The highest BCUT2D eigenvalue weighted by atomic mass is 19.1. The number of carbonyl (C=O) groups is 2. The molecule has 4 rings (SSSR count). The molecule has 13 heteroatoms. The van der Waals surface area contributed by atoms with Gasteiger partial charge in [-0.3, -0.25) is 14.4 Å². The molecule has 12 nitrogen and oxygen atoms in total. The van der Waals surface area contributed by atoms with Crippen molar-refractivity contribution in [1.29, 1.82) is 0 Å². The summed E-state index contributed by atoms with van der Waals surface area (Å²) in [6, 6.07) is 6.75. The lowest BCUT2D eigenvalue weighted by Crippen LogP contribution is -2.26. The molecule has 3 N–H and O–H groups in total. The van der Waals surface area contributed by atoms with Crippen molar-refractivity contribution in [2.24, 2.45) is 5.92 Å². The average molecular weight is 484 g/mol. The van der Waals surface area contributed by atoms with E-state index < -0.39 is 12.6 Å². The third-order valence-electron chi connectivity index (χ3n) is 5.10. The first kappa shape index (κ1) is 24.0. The number of benzene rings is 1. The van der Waals surface area contributed by atoms with Crippen LogP contribution in [0.3, 0.4) is 0 Å². The number of para-hydroxylation sites is 1. The van der Waals surface area contributed by atoms with E-state index in [1.54, 1.807) is 25.1 Å². The number of carbonyl (C=O) groups excluding carboxylic acids is 2. The second-order valence-corrected chi connectivity index (χ2v) is 7.65. The second kappa shape index (κ2) is 10.9. The molecular formula is C22H25FN8O4. The normalized spacial score (nSPS) is 12.8. The minimum absolute atomic E-state index is 0.0318. The summed E-state index contributed by atoms with van der Waals surface area (Å²) < 4.78 is 19.7. The number of anilines is 3. The summed E-state index contributed by atoms with van der Waals surface area (Å²) >= 11 is 0. The molecule has 184 valence electrons. The Morgan fingerprint density at radius 3 is 2.77 bits per heavy atom. The van der Waals surface area contributed by atoms with Crippen LogP contribution < -0.4 is 20.9 Å². The molecule has 1 aliphatic rings. The second-order valence-electron chi connectivity index (χ2n) is 7.65. The number of halogens is 1. The number of amides is 2. The van der Waals surface area contributed by atoms with E-state index in [1.165, 1.54) is 24.2 Å². The van der Waals surface area contributed by atoms with E-state index in [2.05, 4.69) is 36.4 Å².